The molecule has 0 radical (unpaired) electrons. The highest BCUT2D eigenvalue weighted by molar-refractivity contribution is 7.91. The van der Waals surface area contributed by atoms with Crippen LogP contribution >= 0.6 is 0 Å². The Morgan fingerprint density at radius 1 is 1.25 bits per heavy atom. The molecule has 20 heavy (non-hydrogen) atoms. The van der Waals surface area contributed by atoms with Crippen LogP contribution in [-0.4, -0.2) is 25.9 Å². The second-order valence-electron chi connectivity index (χ2n) is 6.02. The highest BCUT2D eigenvalue weighted by Crippen LogP contribution is 2.43. The molecule has 4 nitrogen and oxygen atoms in total. The molecule has 0 bridgehead atoms. The monoisotopic (exact) mass is 295 g/mol. The minimum Gasteiger partial charge on any atom is -0.399 e. The third kappa shape index (κ3) is 2.69. The molecule has 1 unspecified atom stereocenters. The lowest BCUT2D eigenvalue weighted by Gasteiger charge is -2.23. The fourth-order valence-electron chi connectivity index (χ4n) is 3.45. The normalized spacial score (nSPS) is 25.3. The van der Waals surface area contributed by atoms with E-state index in [4.69, 9.17) is 10.5 Å². The van der Waals surface area contributed by atoms with Crippen LogP contribution in [0.3, 0.4) is 0 Å². The van der Waals surface area contributed by atoms with Gasteiger partial charge in [0.15, 0.2) is 9.84 Å². The standard InChI is InChI=1S/C15H21NO3S/c16-12-4-3-5-14(10-12)20(17,18)11-13-6-9-15(19-13)7-1-2-8-15/h3-5,10,13H,1-2,6-9,11,16H2. The van der Waals surface area contributed by atoms with Gasteiger partial charge in [-0.2, -0.15) is 0 Å². The van der Waals surface area contributed by atoms with Crippen molar-refractivity contribution >= 4 is 15.5 Å². The average molecular weight is 295 g/mol. The predicted octanol–water partition coefficient (Wildman–Crippen LogP) is 2.53. The van der Waals surface area contributed by atoms with E-state index in [-0.39, 0.29) is 17.5 Å². The number of nitrogen functional groups attached to an aromatic ring is 1. The van der Waals surface area contributed by atoms with Crippen molar-refractivity contribution in [2.75, 3.05) is 11.5 Å². The third-order valence-corrected chi connectivity index (χ3v) is 6.26. The van der Waals surface area contributed by atoms with Gasteiger partial charge in [0.1, 0.15) is 0 Å². The van der Waals surface area contributed by atoms with Gasteiger partial charge in [-0.05, 0) is 43.9 Å². The smallest absolute Gasteiger partial charge is 0.180 e. The zero-order valence-corrected chi connectivity index (χ0v) is 12.4. The molecule has 110 valence electrons. The molecule has 3 rings (SSSR count). The van der Waals surface area contributed by atoms with E-state index < -0.39 is 9.84 Å². The molecule has 1 aliphatic carbocycles. The summed E-state index contributed by atoms with van der Waals surface area (Å²) in [5, 5.41) is 0. The lowest BCUT2D eigenvalue weighted by atomic mass is 9.98. The van der Waals surface area contributed by atoms with E-state index in [1.807, 2.05) is 0 Å². The van der Waals surface area contributed by atoms with Gasteiger partial charge in [0.05, 0.1) is 22.4 Å². The van der Waals surface area contributed by atoms with E-state index in [0.717, 1.165) is 25.7 Å². The number of benzene rings is 1. The summed E-state index contributed by atoms with van der Waals surface area (Å²) in [5.41, 5.74) is 6.12. The number of anilines is 1. The first-order valence-electron chi connectivity index (χ1n) is 7.25. The van der Waals surface area contributed by atoms with Gasteiger partial charge in [0.25, 0.3) is 0 Å². The Morgan fingerprint density at radius 3 is 2.70 bits per heavy atom. The van der Waals surface area contributed by atoms with Crippen LogP contribution in [0.25, 0.3) is 0 Å². The van der Waals surface area contributed by atoms with Crippen molar-refractivity contribution in [1.29, 1.82) is 0 Å². The van der Waals surface area contributed by atoms with Gasteiger partial charge >= 0.3 is 0 Å². The maximum absolute atomic E-state index is 12.4. The number of hydrogen-bond donors (Lipinski definition) is 1. The summed E-state index contributed by atoms with van der Waals surface area (Å²) < 4.78 is 30.9. The van der Waals surface area contributed by atoms with E-state index in [1.165, 1.54) is 18.9 Å². The van der Waals surface area contributed by atoms with Gasteiger partial charge < -0.3 is 10.5 Å². The Balaban J connectivity index is 1.71. The van der Waals surface area contributed by atoms with Crippen molar-refractivity contribution in [2.45, 2.75) is 55.1 Å². The van der Waals surface area contributed by atoms with E-state index in [2.05, 4.69) is 0 Å². The van der Waals surface area contributed by atoms with Crippen LogP contribution in [0.1, 0.15) is 38.5 Å². The lowest BCUT2D eigenvalue weighted by Crippen LogP contribution is -2.28. The molecule has 1 saturated carbocycles. The van der Waals surface area contributed by atoms with Crippen LogP contribution in [0.5, 0.6) is 0 Å². The topological polar surface area (TPSA) is 69.4 Å². The van der Waals surface area contributed by atoms with Crippen LogP contribution in [0, 0.1) is 0 Å². The summed E-state index contributed by atoms with van der Waals surface area (Å²) in [6.45, 7) is 0. The van der Waals surface area contributed by atoms with Crippen molar-refractivity contribution in [3.63, 3.8) is 0 Å². The molecule has 1 atom stereocenters. The van der Waals surface area contributed by atoms with E-state index in [1.54, 1.807) is 18.2 Å². The van der Waals surface area contributed by atoms with Crippen molar-refractivity contribution in [1.82, 2.24) is 0 Å². The molecule has 1 saturated heterocycles. The molecule has 2 N–H and O–H groups in total. The molecular weight excluding hydrogens is 274 g/mol. The van der Waals surface area contributed by atoms with Crippen molar-refractivity contribution in [2.24, 2.45) is 0 Å². The first kappa shape index (κ1) is 13.9. The van der Waals surface area contributed by atoms with Gasteiger partial charge in [-0.1, -0.05) is 18.9 Å². The summed E-state index contributed by atoms with van der Waals surface area (Å²) in [4.78, 5) is 0.300. The molecule has 2 fully saturated rings. The molecule has 1 spiro atoms. The van der Waals surface area contributed by atoms with Crippen molar-refractivity contribution in [3.8, 4) is 0 Å². The molecule has 1 heterocycles. The first-order chi connectivity index (χ1) is 9.49. The second-order valence-corrected chi connectivity index (χ2v) is 8.06. The maximum Gasteiger partial charge on any atom is 0.180 e. The molecule has 1 aromatic carbocycles. The SMILES string of the molecule is Nc1cccc(S(=O)(=O)CC2CCC3(CCCC3)O2)c1. The van der Waals surface area contributed by atoms with Crippen LogP contribution in [-0.2, 0) is 14.6 Å². The minimum absolute atomic E-state index is 0.0180. The summed E-state index contributed by atoms with van der Waals surface area (Å²) >= 11 is 0. The van der Waals surface area contributed by atoms with E-state index in [9.17, 15) is 8.42 Å². The first-order valence-corrected chi connectivity index (χ1v) is 8.91. The number of hydrogen-bond acceptors (Lipinski definition) is 4. The van der Waals surface area contributed by atoms with Crippen LogP contribution in [0.2, 0.25) is 0 Å². The van der Waals surface area contributed by atoms with E-state index in [0.29, 0.717) is 10.6 Å². The zero-order valence-electron chi connectivity index (χ0n) is 11.5. The van der Waals surface area contributed by atoms with E-state index >= 15 is 0 Å². The van der Waals surface area contributed by atoms with Gasteiger partial charge in [-0.25, -0.2) is 8.42 Å². The summed E-state index contributed by atoms with van der Waals surface area (Å²) in [7, 11) is -3.32. The maximum atomic E-state index is 12.4. The Morgan fingerprint density at radius 2 is 2.00 bits per heavy atom. The Labute approximate surface area is 120 Å². The summed E-state index contributed by atoms with van der Waals surface area (Å²) in [5.74, 6) is 0.0677. The third-order valence-electron chi connectivity index (χ3n) is 4.48. The molecule has 1 aliphatic heterocycles. The molecule has 2 aliphatic rings. The number of nitrogens with two attached hydrogens (primary N) is 1. The summed E-state index contributed by atoms with van der Waals surface area (Å²) in [6.07, 6.45) is 6.26. The largest absolute Gasteiger partial charge is 0.399 e. The predicted molar refractivity (Wildman–Crippen MR) is 78.2 cm³/mol. The molecule has 0 amide bonds. The quantitative estimate of drug-likeness (QED) is 0.870. The highest BCUT2D eigenvalue weighted by atomic mass is 32.2. The molecular formula is C15H21NO3S. The lowest BCUT2D eigenvalue weighted by molar-refractivity contribution is -0.0273. The van der Waals surface area contributed by atoms with Crippen molar-refractivity contribution < 1.29 is 13.2 Å². The molecule has 1 aromatic rings. The molecule has 0 aromatic heterocycles. The van der Waals surface area contributed by atoms with Gasteiger partial charge in [-0.15, -0.1) is 0 Å². The Kier molecular flexibility index (Phi) is 3.50. The van der Waals surface area contributed by atoms with Crippen LogP contribution in [0.15, 0.2) is 29.2 Å². The van der Waals surface area contributed by atoms with Crippen LogP contribution < -0.4 is 5.73 Å². The fourth-order valence-corrected chi connectivity index (χ4v) is 4.97. The van der Waals surface area contributed by atoms with Crippen molar-refractivity contribution in [3.05, 3.63) is 24.3 Å². The highest BCUT2D eigenvalue weighted by Gasteiger charge is 2.43. The van der Waals surface area contributed by atoms with Gasteiger partial charge in [0.2, 0.25) is 0 Å². The average Bonchev–Trinajstić information content (AvgIpc) is 3.00. The Hall–Kier alpha value is -1.07. The Bertz CT molecular complexity index is 591. The summed E-state index contributed by atoms with van der Waals surface area (Å²) in [6, 6.07) is 6.50. The number of sulfone groups is 1. The zero-order chi connectivity index (χ0) is 14.2. The number of rotatable bonds is 3. The fraction of sp³-hybridized carbons (Fsp3) is 0.600. The second kappa shape index (κ2) is 5.04. The van der Waals surface area contributed by atoms with Crippen LogP contribution in [0.4, 0.5) is 5.69 Å². The molecule has 5 heteroatoms. The number of ether oxygens (including phenoxy) is 1. The minimum atomic E-state index is -3.32. The van der Waals surface area contributed by atoms with Gasteiger partial charge in [-0.3, -0.25) is 0 Å². The van der Waals surface area contributed by atoms with Gasteiger partial charge in [0, 0.05) is 5.69 Å².